The van der Waals surface area contributed by atoms with Gasteiger partial charge < -0.3 is 9.84 Å². The highest BCUT2D eigenvalue weighted by atomic mass is 32.2. The molecule has 0 saturated carbocycles. The van der Waals surface area contributed by atoms with Crippen LogP contribution >= 0.6 is 11.8 Å². The fourth-order valence-corrected chi connectivity index (χ4v) is 1.67. The Morgan fingerprint density at radius 2 is 2.29 bits per heavy atom. The van der Waals surface area contributed by atoms with Gasteiger partial charge in [0.05, 0.1) is 12.2 Å². The van der Waals surface area contributed by atoms with Gasteiger partial charge in [-0.05, 0) is 31.4 Å². The van der Waals surface area contributed by atoms with E-state index in [1.807, 2.05) is 6.26 Å². The van der Waals surface area contributed by atoms with Crippen LogP contribution in [0.25, 0.3) is 0 Å². The summed E-state index contributed by atoms with van der Waals surface area (Å²) in [5.74, 6) is -0.195. The molecule has 0 aliphatic carbocycles. The van der Waals surface area contributed by atoms with Crippen LogP contribution in [0, 0.1) is 0 Å². The Labute approximate surface area is 87.1 Å². The first kappa shape index (κ1) is 10.9. The summed E-state index contributed by atoms with van der Waals surface area (Å²) in [5.41, 5.74) is 0.497. The summed E-state index contributed by atoms with van der Waals surface area (Å²) < 4.78 is 4.88. The summed E-state index contributed by atoms with van der Waals surface area (Å²) in [6.45, 7) is 2.12. The molecule has 0 heterocycles. The first-order valence-corrected chi connectivity index (χ1v) is 5.45. The molecule has 0 bridgehead atoms. The second-order valence-corrected chi connectivity index (χ2v) is 3.45. The zero-order valence-electron chi connectivity index (χ0n) is 8.11. The van der Waals surface area contributed by atoms with Gasteiger partial charge in [-0.3, -0.25) is 0 Å². The van der Waals surface area contributed by atoms with E-state index in [4.69, 9.17) is 4.74 Å². The van der Waals surface area contributed by atoms with Gasteiger partial charge in [-0.1, -0.05) is 0 Å². The molecule has 1 rings (SSSR count). The van der Waals surface area contributed by atoms with Crippen molar-refractivity contribution in [1.82, 2.24) is 0 Å². The molecule has 0 amide bonds. The largest absolute Gasteiger partial charge is 0.508 e. The number of rotatable bonds is 3. The van der Waals surface area contributed by atoms with Crippen LogP contribution in [-0.2, 0) is 4.74 Å². The minimum atomic E-state index is -0.350. The average molecular weight is 212 g/mol. The molecular formula is C10H12O3S. The fourth-order valence-electron chi connectivity index (χ4n) is 1.06. The third kappa shape index (κ3) is 2.42. The quantitative estimate of drug-likeness (QED) is 0.617. The molecule has 0 unspecified atom stereocenters. The van der Waals surface area contributed by atoms with E-state index in [9.17, 15) is 9.90 Å². The molecule has 1 aromatic carbocycles. The van der Waals surface area contributed by atoms with Crippen LogP contribution in [0.2, 0.25) is 0 Å². The molecule has 0 aromatic heterocycles. The number of phenolic OH excluding ortho intramolecular Hbond substituents is 1. The van der Waals surface area contributed by atoms with E-state index >= 15 is 0 Å². The summed E-state index contributed by atoms with van der Waals surface area (Å²) in [5, 5.41) is 9.21. The molecular weight excluding hydrogens is 200 g/mol. The predicted octanol–water partition coefficient (Wildman–Crippen LogP) is 2.29. The molecule has 14 heavy (non-hydrogen) atoms. The summed E-state index contributed by atoms with van der Waals surface area (Å²) in [6, 6.07) is 4.60. The molecule has 76 valence electrons. The maximum atomic E-state index is 11.4. The van der Waals surface area contributed by atoms with Gasteiger partial charge in [-0.15, -0.1) is 11.8 Å². The Morgan fingerprint density at radius 1 is 1.57 bits per heavy atom. The van der Waals surface area contributed by atoms with Crippen molar-refractivity contribution in [3.05, 3.63) is 23.8 Å². The number of hydrogen-bond donors (Lipinski definition) is 1. The van der Waals surface area contributed by atoms with Crippen LogP contribution in [0.3, 0.4) is 0 Å². The highest BCUT2D eigenvalue weighted by molar-refractivity contribution is 7.98. The SMILES string of the molecule is CCOC(=O)c1ccc(O)cc1SC. The number of aromatic hydroxyl groups is 1. The summed E-state index contributed by atoms with van der Waals surface area (Å²) in [6.07, 6.45) is 1.84. The van der Waals surface area contributed by atoms with E-state index in [-0.39, 0.29) is 11.7 Å². The number of hydrogen-bond acceptors (Lipinski definition) is 4. The second kappa shape index (κ2) is 4.91. The molecule has 1 aromatic rings. The number of thioether (sulfide) groups is 1. The van der Waals surface area contributed by atoms with Crippen molar-refractivity contribution in [2.45, 2.75) is 11.8 Å². The minimum Gasteiger partial charge on any atom is -0.508 e. The third-order valence-corrected chi connectivity index (χ3v) is 2.46. The number of ether oxygens (including phenoxy) is 1. The topological polar surface area (TPSA) is 46.5 Å². The Balaban J connectivity index is 3.01. The summed E-state index contributed by atoms with van der Waals surface area (Å²) >= 11 is 1.40. The van der Waals surface area contributed by atoms with Gasteiger partial charge in [0.1, 0.15) is 5.75 Å². The van der Waals surface area contributed by atoms with Crippen LogP contribution in [0.15, 0.2) is 23.1 Å². The average Bonchev–Trinajstić information content (AvgIpc) is 2.17. The van der Waals surface area contributed by atoms with Crippen LogP contribution in [0.1, 0.15) is 17.3 Å². The third-order valence-electron chi connectivity index (χ3n) is 1.68. The molecule has 0 fully saturated rings. The lowest BCUT2D eigenvalue weighted by atomic mass is 10.2. The smallest absolute Gasteiger partial charge is 0.339 e. The van der Waals surface area contributed by atoms with Crippen molar-refractivity contribution in [3.63, 3.8) is 0 Å². The summed E-state index contributed by atoms with van der Waals surface area (Å²) in [7, 11) is 0. The molecule has 3 nitrogen and oxygen atoms in total. The molecule has 0 saturated heterocycles. The van der Waals surface area contributed by atoms with Crippen LogP contribution in [0.4, 0.5) is 0 Å². The van der Waals surface area contributed by atoms with Gasteiger partial charge in [0.25, 0.3) is 0 Å². The zero-order valence-corrected chi connectivity index (χ0v) is 8.93. The molecule has 4 heteroatoms. The highest BCUT2D eigenvalue weighted by Crippen LogP contribution is 2.25. The van der Waals surface area contributed by atoms with Crippen LogP contribution in [-0.4, -0.2) is 23.9 Å². The van der Waals surface area contributed by atoms with Crippen molar-refractivity contribution in [1.29, 1.82) is 0 Å². The number of carbonyl (C=O) groups excluding carboxylic acids is 1. The van der Waals surface area contributed by atoms with E-state index < -0.39 is 0 Å². The predicted molar refractivity (Wildman–Crippen MR) is 55.8 cm³/mol. The molecule has 0 spiro atoms. The molecule has 1 N–H and O–H groups in total. The lowest BCUT2D eigenvalue weighted by Gasteiger charge is -2.06. The molecule has 0 aliphatic heterocycles. The van der Waals surface area contributed by atoms with Crippen molar-refractivity contribution < 1.29 is 14.6 Å². The van der Waals surface area contributed by atoms with Crippen LogP contribution < -0.4 is 0 Å². The first-order chi connectivity index (χ1) is 6.69. The maximum absolute atomic E-state index is 11.4. The van der Waals surface area contributed by atoms with Gasteiger partial charge in [-0.2, -0.15) is 0 Å². The Bertz CT molecular complexity index is 336. The van der Waals surface area contributed by atoms with E-state index in [0.717, 1.165) is 4.90 Å². The summed E-state index contributed by atoms with van der Waals surface area (Å²) in [4.78, 5) is 12.1. The van der Waals surface area contributed by atoms with Crippen molar-refractivity contribution in [2.24, 2.45) is 0 Å². The standard InChI is InChI=1S/C10H12O3S/c1-3-13-10(12)8-5-4-7(11)6-9(8)14-2/h4-6,11H,3H2,1-2H3. The number of phenols is 1. The zero-order chi connectivity index (χ0) is 10.6. The van der Waals surface area contributed by atoms with Crippen molar-refractivity contribution in [3.8, 4) is 5.75 Å². The normalized spacial score (nSPS) is 9.86. The minimum absolute atomic E-state index is 0.155. The lowest BCUT2D eigenvalue weighted by molar-refractivity contribution is 0.0522. The van der Waals surface area contributed by atoms with Crippen molar-refractivity contribution in [2.75, 3.05) is 12.9 Å². The molecule has 0 aliphatic rings. The Kier molecular flexibility index (Phi) is 3.83. The van der Waals surface area contributed by atoms with E-state index in [1.165, 1.54) is 17.8 Å². The number of benzene rings is 1. The maximum Gasteiger partial charge on any atom is 0.339 e. The van der Waals surface area contributed by atoms with Crippen molar-refractivity contribution >= 4 is 17.7 Å². The monoisotopic (exact) mass is 212 g/mol. The lowest BCUT2D eigenvalue weighted by Crippen LogP contribution is -2.05. The van der Waals surface area contributed by atoms with E-state index in [1.54, 1.807) is 19.1 Å². The van der Waals surface area contributed by atoms with Crippen LogP contribution in [0.5, 0.6) is 5.75 Å². The van der Waals surface area contributed by atoms with Gasteiger partial charge in [-0.25, -0.2) is 4.79 Å². The van der Waals surface area contributed by atoms with Gasteiger partial charge in [0.15, 0.2) is 0 Å². The number of esters is 1. The van der Waals surface area contributed by atoms with E-state index in [2.05, 4.69) is 0 Å². The van der Waals surface area contributed by atoms with E-state index in [0.29, 0.717) is 12.2 Å². The fraction of sp³-hybridized carbons (Fsp3) is 0.300. The number of carbonyl (C=O) groups is 1. The first-order valence-electron chi connectivity index (χ1n) is 4.23. The van der Waals surface area contributed by atoms with Gasteiger partial charge in [0.2, 0.25) is 0 Å². The highest BCUT2D eigenvalue weighted by Gasteiger charge is 2.11. The second-order valence-electron chi connectivity index (χ2n) is 2.61. The molecule has 0 atom stereocenters. The Morgan fingerprint density at radius 3 is 2.86 bits per heavy atom. The molecule has 0 radical (unpaired) electrons. The van der Waals surface area contributed by atoms with Gasteiger partial charge in [0, 0.05) is 4.90 Å². The van der Waals surface area contributed by atoms with Gasteiger partial charge >= 0.3 is 5.97 Å². The Hall–Kier alpha value is -1.16.